The Bertz CT molecular complexity index is 987. The summed E-state index contributed by atoms with van der Waals surface area (Å²) in [6.45, 7) is 0.640. The van der Waals surface area contributed by atoms with Crippen LogP contribution < -0.4 is 15.4 Å². The summed E-state index contributed by atoms with van der Waals surface area (Å²) >= 11 is 6.09. The fourth-order valence-corrected chi connectivity index (χ4v) is 4.16. The second-order valence-corrected chi connectivity index (χ2v) is 8.02. The van der Waals surface area contributed by atoms with Crippen molar-refractivity contribution in [3.63, 3.8) is 0 Å². The maximum Gasteiger partial charge on any atom is 0.120 e. The first-order valence-electron chi connectivity index (χ1n) is 10.0. The first kappa shape index (κ1) is 19.8. The monoisotopic (exact) mass is 411 g/mol. The minimum atomic E-state index is 0.304. The first-order chi connectivity index (χ1) is 14.1. The Morgan fingerprint density at radius 1 is 1.07 bits per heavy atom. The predicted molar refractivity (Wildman–Crippen MR) is 118 cm³/mol. The summed E-state index contributed by atoms with van der Waals surface area (Å²) in [5.41, 5.74) is 2.90. The number of nitrogens with one attached hydrogen (secondary N) is 2. The van der Waals surface area contributed by atoms with Crippen LogP contribution in [0.2, 0.25) is 5.02 Å². The van der Waals surface area contributed by atoms with Crippen LogP contribution in [0, 0.1) is 0 Å². The van der Waals surface area contributed by atoms with Crippen molar-refractivity contribution in [3.8, 4) is 11.5 Å². The molecule has 4 rings (SSSR count). The van der Waals surface area contributed by atoms with Gasteiger partial charge in [-0.2, -0.15) is 0 Å². The number of phenols is 1. The number of ether oxygens (including phenoxy) is 1. The number of phenolic OH excluding ortho intramolecular Hbond substituents is 1. The Balaban J connectivity index is 1.32. The average Bonchev–Trinajstić information content (AvgIpc) is 2.74. The largest absolute Gasteiger partial charge is 0.508 e. The van der Waals surface area contributed by atoms with E-state index in [1.807, 2.05) is 36.5 Å². The molecule has 0 amide bonds. The van der Waals surface area contributed by atoms with Gasteiger partial charge < -0.3 is 20.5 Å². The smallest absolute Gasteiger partial charge is 0.120 e. The standard InChI is InChI=1S/C23H26ClN3O2/c1-29-19-7-9-23(28)15(12-19)14-26-17-3-5-18(6-4-17)27-21-10-11-25-22-13-16(24)2-8-20(21)22/h2,7-13,17-18,26,28H,3-6,14H2,1H3,(H,25,27). The highest BCUT2D eigenvalue weighted by Gasteiger charge is 2.21. The van der Waals surface area contributed by atoms with Crippen LogP contribution in [0.4, 0.5) is 5.69 Å². The highest BCUT2D eigenvalue weighted by molar-refractivity contribution is 6.31. The predicted octanol–water partition coefficient (Wildman–Crippen LogP) is 5.12. The topological polar surface area (TPSA) is 66.4 Å². The summed E-state index contributed by atoms with van der Waals surface area (Å²) in [6, 6.07) is 14.1. The van der Waals surface area contributed by atoms with Gasteiger partial charge in [-0.3, -0.25) is 4.98 Å². The van der Waals surface area contributed by atoms with Crippen LogP contribution in [-0.2, 0) is 6.54 Å². The Morgan fingerprint density at radius 2 is 1.86 bits per heavy atom. The average molecular weight is 412 g/mol. The molecule has 152 valence electrons. The molecule has 1 heterocycles. The molecule has 1 aromatic heterocycles. The van der Waals surface area contributed by atoms with Crippen molar-refractivity contribution in [2.75, 3.05) is 12.4 Å². The molecular formula is C23H26ClN3O2. The molecule has 0 atom stereocenters. The fraction of sp³-hybridized carbons (Fsp3) is 0.348. The first-order valence-corrected chi connectivity index (χ1v) is 10.4. The number of aromatic nitrogens is 1. The summed E-state index contributed by atoms with van der Waals surface area (Å²) in [5, 5.41) is 19.1. The SMILES string of the molecule is COc1ccc(O)c(CNC2CCC(Nc3ccnc4cc(Cl)ccc34)CC2)c1. The van der Waals surface area contributed by atoms with Gasteiger partial charge in [0.25, 0.3) is 0 Å². The van der Waals surface area contributed by atoms with Gasteiger partial charge in [0.2, 0.25) is 0 Å². The highest BCUT2D eigenvalue weighted by atomic mass is 35.5. The van der Waals surface area contributed by atoms with Crippen LogP contribution in [0.3, 0.4) is 0 Å². The van der Waals surface area contributed by atoms with E-state index in [0.29, 0.717) is 29.4 Å². The van der Waals surface area contributed by atoms with E-state index in [9.17, 15) is 5.11 Å². The number of hydrogen-bond donors (Lipinski definition) is 3. The van der Waals surface area contributed by atoms with Gasteiger partial charge in [-0.05, 0) is 68.1 Å². The molecule has 0 spiro atoms. The number of methoxy groups -OCH3 is 1. The minimum Gasteiger partial charge on any atom is -0.508 e. The molecule has 1 aliphatic carbocycles. The molecule has 0 aliphatic heterocycles. The molecule has 0 radical (unpaired) electrons. The highest BCUT2D eigenvalue weighted by Crippen LogP contribution is 2.29. The van der Waals surface area contributed by atoms with Crippen molar-refractivity contribution < 1.29 is 9.84 Å². The lowest BCUT2D eigenvalue weighted by Crippen LogP contribution is -2.36. The van der Waals surface area contributed by atoms with Gasteiger partial charge in [-0.1, -0.05) is 11.6 Å². The van der Waals surface area contributed by atoms with E-state index in [-0.39, 0.29) is 0 Å². The summed E-state index contributed by atoms with van der Waals surface area (Å²) in [7, 11) is 1.64. The second kappa shape index (κ2) is 8.89. The number of aromatic hydroxyl groups is 1. The van der Waals surface area contributed by atoms with Gasteiger partial charge in [0.15, 0.2) is 0 Å². The maximum atomic E-state index is 10.1. The third-order valence-corrected chi connectivity index (χ3v) is 5.89. The number of nitrogens with zero attached hydrogens (tertiary/aromatic N) is 1. The van der Waals surface area contributed by atoms with Gasteiger partial charge in [0.05, 0.1) is 12.6 Å². The van der Waals surface area contributed by atoms with Gasteiger partial charge in [-0.15, -0.1) is 0 Å². The van der Waals surface area contributed by atoms with Crippen LogP contribution in [0.25, 0.3) is 10.9 Å². The molecule has 1 saturated carbocycles. The van der Waals surface area contributed by atoms with Crippen molar-refractivity contribution in [1.29, 1.82) is 0 Å². The summed E-state index contributed by atoms with van der Waals surface area (Å²) in [6.07, 6.45) is 6.21. The Kier molecular flexibility index (Phi) is 6.07. The number of anilines is 1. The van der Waals surface area contributed by atoms with Gasteiger partial charge >= 0.3 is 0 Å². The lowest BCUT2D eigenvalue weighted by molar-refractivity contribution is 0.350. The van der Waals surface area contributed by atoms with Crippen LogP contribution in [-0.4, -0.2) is 29.3 Å². The molecule has 1 aliphatic rings. The van der Waals surface area contributed by atoms with E-state index in [0.717, 1.165) is 53.6 Å². The second-order valence-electron chi connectivity index (χ2n) is 7.59. The van der Waals surface area contributed by atoms with Crippen LogP contribution in [0.1, 0.15) is 31.2 Å². The Labute approximate surface area is 176 Å². The van der Waals surface area contributed by atoms with E-state index in [1.54, 1.807) is 19.2 Å². The van der Waals surface area contributed by atoms with E-state index in [2.05, 4.69) is 15.6 Å². The van der Waals surface area contributed by atoms with Crippen LogP contribution in [0.5, 0.6) is 11.5 Å². The normalized spacial score (nSPS) is 19.2. The lowest BCUT2D eigenvalue weighted by Gasteiger charge is -2.30. The van der Waals surface area contributed by atoms with Crippen molar-refractivity contribution >= 4 is 28.2 Å². The summed E-state index contributed by atoms with van der Waals surface area (Å²) in [5.74, 6) is 1.07. The van der Waals surface area contributed by atoms with Crippen molar-refractivity contribution in [1.82, 2.24) is 10.3 Å². The minimum absolute atomic E-state index is 0.304. The molecule has 0 saturated heterocycles. The van der Waals surface area contributed by atoms with Crippen molar-refractivity contribution in [3.05, 3.63) is 59.2 Å². The number of fused-ring (bicyclic) bond motifs is 1. The van der Waals surface area contributed by atoms with E-state index < -0.39 is 0 Å². The quantitative estimate of drug-likeness (QED) is 0.525. The number of halogens is 1. The van der Waals surface area contributed by atoms with Crippen molar-refractivity contribution in [2.45, 2.75) is 44.3 Å². The Morgan fingerprint density at radius 3 is 2.66 bits per heavy atom. The zero-order valence-electron chi connectivity index (χ0n) is 16.5. The number of pyridine rings is 1. The maximum absolute atomic E-state index is 10.1. The Hall–Kier alpha value is -2.50. The molecule has 1 fully saturated rings. The molecule has 5 nitrogen and oxygen atoms in total. The van der Waals surface area contributed by atoms with Gasteiger partial charge in [0, 0.05) is 46.5 Å². The zero-order valence-corrected chi connectivity index (χ0v) is 17.2. The third kappa shape index (κ3) is 4.74. The number of benzene rings is 2. The molecule has 0 bridgehead atoms. The van der Waals surface area contributed by atoms with Gasteiger partial charge in [-0.25, -0.2) is 0 Å². The molecular weight excluding hydrogens is 386 g/mol. The lowest BCUT2D eigenvalue weighted by atomic mass is 9.90. The molecule has 29 heavy (non-hydrogen) atoms. The number of rotatable bonds is 6. The number of hydrogen-bond acceptors (Lipinski definition) is 5. The molecule has 3 N–H and O–H groups in total. The third-order valence-electron chi connectivity index (χ3n) is 5.66. The summed E-state index contributed by atoms with van der Waals surface area (Å²) in [4.78, 5) is 4.42. The van der Waals surface area contributed by atoms with Crippen LogP contribution >= 0.6 is 11.6 Å². The van der Waals surface area contributed by atoms with Gasteiger partial charge in [0.1, 0.15) is 11.5 Å². The zero-order chi connectivity index (χ0) is 20.2. The van der Waals surface area contributed by atoms with Crippen molar-refractivity contribution in [2.24, 2.45) is 0 Å². The van der Waals surface area contributed by atoms with E-state index >= 15 is 0 Å². The molecule has 0 unspecified atom stereocenters. The van der Waals surface area contributed by atoms with E-state index in [1.165, 1.54) is 0 Å². The molecule has 6 heteroatoms. The van der Waals surface area contributed by atoms with E-state index in [4.69, 9.17) is 16.3 Å². The van der Waals surface area contributed by atoms with Crippen LogP contribution in [0.15, 0.2) is 48.7 Å². The fourth-order valence-electron chi connectivity index (χ4n) is 3.99. The molecule has 3 aromatic rings. The molecule has 2 aromatic carbocycles. The summed E-state index contributed by atoms with van der Waals surface area (Å²) < 4.78 is 5.25.